The van der Waals surface area contributed by atoms with Gasteiger partial charge in [-0.15, -0.1) is 0 Å². The van der Waals surface area contributed by atoms with Crippen LogP contribution in [0.3, 0.4) is 0 Å². The van der Waals surface area contributed by atoms with Gasteiger partial charge in [-0.25, -0.2) is 4.79 Å². The number of hydrogen-bond donors (Lipinski definition) is 4. The van der Waals surface area contributed by atoms with Crippen molar-refractivity contribution in [3.05, 3.63) is 150 Å². The van der Waals surface area contributed by atoms with Crippen molar-refractivity contribution in [1.29, 1.82) is 0 Å². The van der Waals surface area contributed by atoms with Gasteiger partial charge in [-0.1, -0.05) is 91.0 Å². The Bertz CT molecular complexity index is 1770. The van der Waals surface area contributed by atoms with Gasteiger partial charge in [-0.3, -0.25) is 0 Å². The van der Waals surface area contributed by atoms with Gasteiger partial charge in [-0.2, -0.15) is 11.8 Å². The molecule has 8 nitrogen and oxygen atoms in total. The topological polar surface area (TPSA) is 109 Å². The number of aliphatic hydroxyl groups is 2. The van der Waals surface area contributed by atoms with Crippen molar-refractivity contribution in [3.63, 3.8) is 0 Å². The van der Waals surface area contributed by atoms with Gasteiger partial charge in [0.15, 0.2) is 6.29 Å². The van der Waals surface area contributed by atoms with Crippen molar-refractivity contribution >= 4 is 23.5 Å². The minimum absolute atomic E-state index is 0.00279. The Balaban J connectivity index is 1.09. The highest BCUT2D eigenvalue weighted by molar-refractivity contribution is 7.99. The van der Waals surface area contributed by atoms with Crippen LogP contribution in [0.15, 0.2) is 127 Å². The summed E-state index contributed by atoms with van der Waals surface area (Å²) in [4.78, 5) is 12.8. The quantitative estimate of drug-likeness (QED) is 0.0931. The van der Waals surface area contributed by atoms with Crippen molar-refractivity contribution < 1.29 is 29.2 Å². The Morgan fingerprint density at radius 1 is 0.776 bits per heavy atom. The van der Waals surface area contributed by atoms with Crippen LogP contribution < -0.4 is 15.4 Å². The lowest BCUT2D eigenvalue weighted by Crippen LogP contribution is -2.31. The monoisotopic (exact) mass is 676 g/mol. The SMILES string of the molecule is O=C(NCc1ccccc1-c1ccc(C2OC(CSCCO)CC(c3ccc(CO)cc3)O2)cc1)Nc1ccc(Oc2ccccc2)cc1. The zero-order valence-corrected chi connectivity index (χ0v) is 27.9. The summed E-state index contributed by atoms with van der Waals surface area (Å²) in [5, 5.41) is 24.6. The van der Waals surface area contributed by atoms with Gasteiger partial charge < -0.3 is 35.1 Å². The molecule has 1 aliphatic heterocycles. The minimum Gasteiger partial charge on any atom is -0.457 e. The second kappa shape index (κ2) is 17.1. The number of benzene rings is 5. The van der Waals surface area contributed by atoms with Crippen LogP contribution >= 0.6 is 11.8 Å². The maximum absolute atomic E-state index is 12.8. The van der Waals surface area contributed by atoms with Crippen molar-refractivity contribution in [2.75, 3.05) is 23.4 Å². The van der Waals surface area contributed by atoms with E-state index in [1.165, 1.54) is 0 Å². The van der Waals surface area contributed by atoms with Gasteiger partial charge in [0, 0.05) is 35.7 Å². The van der Waals surface area contributed by atoms with E-state index in [1.54, 1.807) is 23.9 Å². The standard InChI is InChI=1S/C40H40N2O6S/c43-22-23-49-27-36-24-38(30-12-10-28(26-44)11-13-30)48-39(47-36)31-16-14-29(15-17-31)37-9-5-4-6-32(37)25-41-40(45)42-33-18-20-35(21-19-33)46-34-7-2-1-3-8-34/h1-21,36,38-39,43-44H,22-27H2,(H2,41,42,45). The van der Waals surface area contributed by atoms with Crippen LogP contribution in [0.1, 0.15) is 41.1 Å². The maximum Gasteiger partial charge on any atom is 0.319 e. The van der Waals surface area contributed by atoms with E-state index in [9.17, 15) is 15.0 Å². The number of urea groups is 1. The zero-order valence-electron chi connectivity index (χ0n) is 27.0. The normalized spacial score (nSPS) is 17.3. The second-order valence-corrected chi connectivity index (χ2v) is 12.8. The summed E-state index contributed by atoms with van der Waals surface area (Å²) in [6.45, 7) is 0.473. The van der Waals surface area contributed by atoms with E-state index >= 15 is 0 Å². The van der Waals surface area contributed by atoms with Crippen LogP contribution in [0, 0.1) is 0 Å². The molecule has 1 fully saturated rings. The summed E-state index contributed by atoms with van der Waals surface area (Å²) in [6.07, 6.45) is -0.0574. The lowest BCUT2D eigenvalue weighted by Gasteiger charge is -2.36. The van der Waals surface area contributed by atoms with Crippen molar-refractivity contribution in [3.8, 4) is 22.6 Å². The molecule has 0 aromatic heterocycles. The van der Waals surface area contributed by atoms with Crippen molar-refractivity contribution in [1.82, 2.24) is 5.32 Å². The Morgan fingerprint density at radius 3 is 2.20 bits per heavy atom. The lowest BCUT2D eigenvalue weighted by molar-refractivity contribution is -0.245. The summed E-state index contributed by atoms with van der Waals surface area (Å²) >= 11 is 1.67. The van der Waals surface area contributed by atoms with Gasteiger partial charge in [0.2, 0.25) is 0 Å². The number of ether oxygens (including phenoxy) is 3. The molecule has 4 N–H and O–H groups in total. The maximum atomic E-state index is 12.8. The largest absolute Gasteiger partial charge is 0.457 e. The summed E-state index contributed by atoms with van der Waals surface area (Å²) in [6, 6.07) is 40.5. The third kappa shape index (κ3) is 9.50. The van der Waals surface area contributed by atoms with E-state index in [4.69, 9.17) is 14.2 Å². The molecule has 6 rings (SSSR count). The molecule has 0 aliphatic carbocycles. The van der Waals surface area contributed by atoms with Crippen LogP contribution in [0.2, 0.25) is 0 Å². The summed E-state index contributed by atoms with van der Waals surface area (Å²) in [5.74, 6) is 2.84. The molecule has 49 heavy (non-hydrogen) atoms. The highest BCUT2D eigenvalue weighted by Crippen LogP contribution is 2.39. The molecule has 9 heteroatoms. The molecule has 3 atom stereocenters. The van der Waals surface area contributed by atoms with Gasteiger partial charge >= 0.3 is 6.03 Å². The van der Waals surface area contributed by atoms with Crippen LogP contribution in [-0.2, 0) is 22.6 Å². The highest BCUT2D eigenvalue weighted by Gasteiger charge is 2.32. The minimum atomic E-state index is -0.551. The number of thioether (sulfide) groups is 1. The molecule has 1 heterocycles. The number of aliphatic hydroxyl groups excluding tert-OH is 2. The molecule has 5 aromatic rings. The predicted octanol–water partition coefficient (Wildman–Crippen LogP) is 8.23. The number of para-hydroxylation sites is 1. The van der Waals surface area contributed by atoms with E-state index in [-0.39, 0.29) is 31.5 Å². The Hall–Kier alpha value is -4.64. The second-order valence-electron chi connectivity index (χ2n) is 11.7. The summed E-state index contributed by atoms with van der Waals surface area (Å²) in [5.41, 5.74) is 6.47. The van der Waals surface area contributed by atoms with Crippen molar-refractivity contribution in [2.45, 2.75) is 38.1 Å². The molecule has 0 spiro atoms. The van der Waals surface area contributed by atoms with E-state index in [0.29, 0.717) is 30.2 Å². The number of carbonyl (C=O) groups is 1. The van der Waals surface area contributed by atoms with Crippen LogP contribution in [0.4, 0.5) is 10.5 Å². The zero-order chi connectivity index (χ0) is 33.8. The van der Waals surface area contributed by atoms with Gasteiger partial charge in [0.25, 0.3) is 0 Å². The molecule has 1 aliphatic rings. The average Bonchev–Trinajstić information content (AvgIpc) is 3.15. The highest BCUT2D eigenvalue weighted by atomic mass is 32.2. The molecular weight excluding hydrogens is 637 g/mol. The number of carbonyl (C=O) groups excluding carboxylic acids is 1. The molecule has 0 saturated carbocycles. The van der Waals surface area contributed by atoms with E-state index < -0.39 is 6.29 Å². The van der Waals surface area contributed by atoms with E-state index in [1.807, 2.05) is 103 Å². The molecule has 2 amide bonds. The molecule has 1 saturated heterocycles. The lowest BCUT2D eigenvalue weighted by atomic mass is 9.98. The smallest absolute Gasteiger partial charge is 0.319 e. The first-order chi connectivity index (χ1) is 24.1. The fourth-order valence-electron chi connectivity index (χ4n) is 5.66. The Kier molecular flexibility index (Phi) is 12.0. The predicted molar refractivity (Wildman–Crippen MR) is 194 cm³/mol. The average molecular weight is 677 g/mol. The fraction of sp³-hybridized carbons (Fsp3) is 0.225. The summed E-state index contributed by atoms with van der Waals surface area (Å²) in [7, 11) is 0. The molecule has 5 aromatic carbocycles. The number of nitrogens with one attached hydrogen (secondary N) is 2. The van der Waals surface area contributed by atoms with Gasteiger partial charge in [-0.05, 0) is 64.2 Å². The third-order valence-electron chi connectivity index (χ3n) is 8.20. The number of rotatable bonds is 13. The van der Waals surface area contributed by atoms with Crippen LogP contribution in [-0.4, -0.2) is 40.5 Å². The molecular formula is C40H40N2O6S. The summed E-state index contributed by atoms with van der Waals surface area (Å²) < 4.78 is 18.7. The van der Waals surface area contributed by atoms with Crippen molar-refractivity contribution in [2.24, 2.45) is 0 Å². The molecule has 3 unspecified atom stereocenters. The van der Waals surface area contributed by atoms with Crippen LogP contribution in [0.5, 0.6) is 11.5 Å². The number of amides is 2. The molecule has 0 bridgehead atoms. The fourth-order valence-corrected chi connectivity index (χ4v) is 6.43. The molecule has 252 valence electrons. The first-order valence-corrected chi connectivity index (χ1v) is 17.5. The third-order valence-corrected chi connectivity index (χ3v) is 9.27. The van der Waals surface area contributed by atoms with Gasteiger partial charge in [0.05, 0.1) is 25.4 Å². The first kappa shape index (κ1) is 34.2. The van der Waals surface area contributed by atoms with E-state index in [0.717, 1.165) is 44.9 Å². The number of hydrogen-bond acceptors (Lipinski definition) is 7. The van der Waals surface area contributed by atoms with E-state index in [2.05, 4.69) is 22.8 Å². The number of anilines is 1. The Labute approximate surface area is 291 Å². The van der Waals surface area contributed by atoms with Gasteiger partial charge in [0.1, 0.15) is 11.5 Å². The Morgan fingerprint density at radius 2 is 1.47 bits per heavy atom. The van der Waals surface area contributed by atoms with Crippen LogP contribution in [0.25, 0.3) is 11.1 Å². The molecule has 0 radical (unpaired) electrons. The first-order valence-electron chi connectivity index (χ1n) is 16.3.